The molecule has 11 nitrogen and oxygen atoms in total. The van der Waals surface area contributed by atoms with Gasteiger partial charge in [0.05, 0.1) is 23.8 Å². The van der Waals surface area contributed by atoms with Crippen LogP contribution in [0.4, 0.5) is 20.2 Å². The minimum absolute atomic E-state index is 0.161. The number of H-pyrrole nitrogens is 1. The Morgan fingerprint density at radius 1 is 1.11 bits per heavy atom. The van der Waals surface area contributed by atoms with Gasteiger partial charge in [-0.1, -0.05) is 19.1 Å². The Bertz CT molecular complexity index is 1690. The van der Waals surface area contributed by atoms with Crippen molar-refractivity contribution in [2.45, 2.75) is 63.3 Å². The molecule has 0 radical (unpaired) electrons. The summed E-state index contributed by atoms with van der Waals surface area (Å²) in [6.45, 7) is 6.44. The third kappa shape index (κ3) is 4.90. The summed E-state index contributed by atoms with van der Waals surface area (Å²) in [5.74, 6) is -3.87. The van der Waals surface area contributed by atoms with Gasteiger partial charge in [-0.3, -0.25) is 34.4 Å². The van der Waals surface area contributed by atoms with Crippen LogP contribution in [0.15, 0.2) is 36.7 Å². The van der Waals surface area contributed by atoms with Crippen molar-refractivity contribution >= 4 is 29.1 Å². The topological polar surface area (TPSA) is 128 Å². The maximum absolute atomic E-state index is 14.3. The van der Waals surface area contributed by atoms with Gasteiger partial charge in [-0.05, 0) is 49.3 Å². The van der Waals surface area contributed by atoms with Crippen molar-refractivity contribution in [3.05, 3.63) is 59.2 Å². The summed E-state index contributed by atoms with van der Waals surface area (Å²) in [6.07, 6.45) is 6.99. The lowest BCUT2D eigenvalue weighted by Gasteiger charge is -2.43. The average Bonchev–Trinajstić information content (AvgIpc) is 3.43. The fourth-order valence-corrected chi connectivity index (χ4v) is 8.11. The molecule has 1 saturated carbocycles. The number of piperidine rings is 2. The van der Waals surface area contributed by atoms with Crippen LogP contribution in [0, 0.1) is 17.3 Å². The molecule has 2 aromatic heterocycles. The number of hydrogen-bond acceptors (Lipinski definition) is 7. The Hall–Kier alpha value is -4.13. The van der Waals surface area contributed by atoms with E-state index in [1.54, 1.807) is 13.1 Å². The van der Waals surface area contributed by atoms with E-state index >= 15 is 0 Å². The van der Waals surface area contributed by atoms with Gasteiger partial charge in [-0.25, -0.2) is 8.78 Å². The number of rotatable bonds is 7. The van der Waals surface area contributed by atoms with E-state index in [4.69, 9.17) is 0 Å². The Kier molecular flexibility index (Phi) is 6.82. The molecule has 1 aromatic carbocycles. The molecule has 242 valence electrons. The third-order valence-corrected chi connectivity index (χ3v) is 11.2. The zero-order chi connectivity index (χ0) is 31.8. The largest absolute Gasteiger partial charge is 0.372 e. The summed E-state index contributed by atoms with van der Waals surface area (Å²) in [4.78, 5) is 41.5. The van der Waals surface area contributed by atoms with Crippen LogP contribution in [-0.4, -0.2) is 81.2 Å². The van der Waals surface area contributed by atoms with E-state index in [0.29, 0.717) is 35.7 Å². The smallest absolute Gasteiger partial charge is 0.276 e. The minimum atomic E-state index is -2.70. The maximum Gasteiger partial charge on any atom is 0.276 e. The molecular formula is C33H38F2N8O3. The highest BCUT2D eigenvalue weighted by molar-refractivity contribution is 6.04. The number of aromatic amines is 1. The molecule has 3 atom stereocenters. The maximum atomic E-state index is 14.3. The first-order chi connectivity index (χ1) is 22.1. The van der Waals surface area contributed by atoms with Crippen molar-refractivity contribution in [1.82, 2.24) is 30.2 Å². The number of carbonyl (C=O) groups is 3. The second-order valence-corrected chi connectivity index (χ2v) is 14.1. The molecule has 8 rings (SSSR count). The van der Waals surface area contributed by atoms with Crippen molar-refractivity contribution in [1.29, 1.82) is 0 Å². The summed E-state index contributed by atoms with van der Waals surface area (Å²) in [6, 6.07) is 8.45. The molecule has 3 aromatic rings. The zero-order valence-corrected chi connectivity index (χ0v) is 25.8. The Balaban J connectivity index is 0.787. The predicted octanol–water partition coefficient (Wildman–Crippen LogP) is 3.52. The lowest BCUT2D eigenvalue weighted by Crippen LogP contribution is -2.50. The monoisotopic (exact) mass is 632 g/mol. The van der Waals surface area contributed by atoms with Gasteiger partial charge >= 0.3 is 0 Å². The van der Waals surface area contributed by atoms with E-state index in [1.807, 2.05) is 23.0 Å². The fourth-order valence-electron chi connectivity index (χ4n) is 8.11. The first kappa shape index (κ1) is 29.3. The number of nitrogens with zero attached hydrogens (tertiary/aromatic N) is 5. The quantitative estimate of drug-likeness (QED) is 0.340. The van der Waals surface area contributed by atoms with Gasteiger partial charge in [0.25, 0.3) is 11.8 Å². The molecule has 0 spiro atoms. The summed E-state index contributed by atoms with van der Waals surface area (Å²) >= 11 is 0. The van der Waals surface area contributed by atoms with Gasteiger partial charge < -0.3 is 10.2 Å². The lowest BCUT2D eigenvalue weighted by atomic mass is 9.87. The summed E-state index contributed by atoms with van der Waals surface area (Å²) in [7, 11) is 0. The fraction of sp³-hybridized carbons (Fsp3) is 0.545. The predicted molar refractivity (Wildman–Crippen MR) is 165 cm³/mol. The van der Waals surface area contributed by atoms with E-state index in [0.717, 1.165) is 51.1 Å². The van der Waals surface area contributed by atoms with Crippen LogP contribution in [-0.2, 0) is 22.4 Å². The molecule has 5 heterocycles. The van der Waals surface area contributed by atoms with Crippen LogP contribution in [0.25, 0.3) is 0 Å². The molecule has 2 aliphatic carbocycles. The normalized spacial score (nSPS) is 27.8. The van der Waals surface area contributed by atoms with E-state index in [-0.39, 0.29) is 42.3 Å². The van der Waals surface area contributed by atoms with E-state index in [9.17, 15) is 23.2 Å². The number of halogens is 2. The number of alkyl halides is 2. The number of benzene rings is 1. The number of hydrogen-bond donors (Lipinski definition) is 3. The summed E-state index contributed by atoms with van der Waals surface area (Å²) in [5.41, 5.74) is 3.09. The molecule has 5 aliphatic rings. The van der Waals surface area contributed by atoms with Gasteiger partial charge in [-0.15, -0.1) is 0 Å². The van der Waals surface area contributed by atoms with Crippen LogP contribution in [0.2, 0.25) is 0 Å². The van der Waals surface area contributed by atoms with Crippen LogP contribution in [0.1, 0.15) is 71.9 Å². The number of carbonyl (C=O) groups excluding carboxylic acids is 3. The third-order valence-electron chi connectivity index (χ3n) is 11.2. The van der Waals surface area contributed by atoms with Crippen LogP contribution < -0.4 is 15.5 Å². The molecule has 46 heavy (non-hydrogen) atoms. The van der Waals surface area contributed by atoms with E-state index < -0.39 is 23.2 Å². The van der Waals surface area contributed by atoms with Crippen molar-refractivity contribution in [3.8, 4) is 0 Å². The van der Waals surface area contributed by atoms with Gasteiger partial charge in [-0.2, -0.15) is 10.2 Å². The second-order valence-electron chi connectivity index (χ2n) is 14.1. The van der Waals surface area contributed by atoms with E-state index in [1.165, 1.54) is 5.69 Å². The van der Waals surface area contributed by atoms with Crippen molar-refractivity contribution < 1.29 is 23.2 Å². The average molecular weight is 633 g/mol. The van der Waals surface area contributed by atoms with Crippen LogP contribution in [0.3, 0.4) is 0 Å². The Morgan fingerprint density at radius 3 is 2.61 bits per heavy atom. The number of likely N-dealkylation sites (tertiary alicyclic amines) is 1. The van der Waals surface area contributed by atoms with Crippen LogP contribution in [0.5, 0.6) is 0 Å². The minimum Gasteiger partial charge on any atom is -0.372 e. The molecule has 1 unspecified atom stereocenters. The van der Waals surface area contributed by atoms with Crippen LogP contribution >= 0.6 is 0 Å². The number of anilines is 2. The number of fused-ring (bicyclic) bond motifs is 2. The number of nitrogens with one attached hydrogen (secondary N) is 3. The Morgan fingerprint density at radius 2 is 1.87 bits per heavy atom. The summed E-state index contributed by atoms with van der Waals surface area (Å²) in [5, 5.41) is 16.8. The number of imide groups is 1. The van der Waals surface area contributed by atoms with Crippen molar-refractivity contribution in [2.75, 3.05) is 42.9 Å². The van der Waals surface area contributed by atoms with Gasteiger partial charge in [0, 0.05) is 80.0 Å². The van der Waals surface area contributed by atoms with E-state index in [2.05, 4.69) is 47.9 Å². The first-order valence-corrected chi connectivity index (χ1v) is 16.3. The molecule has 13 heteroatoms. The molecular weight excluding hydrogens is 594 g/mol. The number of aromatic nitrogens is 4. The van der Waals surface area contributed by atoms with Gasteiger partial charge in [0.15, 0.2) is 5.69 Å². The molecule has 3 aliphatic heterocycles. The first-order valence-electron chi connectivity index (χ1n) is 16.3. The number of amides is 3. The highest BCUT2D eigenvalue weighted by Gasteiger charge is 2.78. The standard InChI is InChI=1S/C33H38F2N8O3/c1-32-13-26-25(12-27(32)33(32,34)35)29(40-39-26)31(46)37-21-14-36-43(16-21)23-17-41(18-23)15-19-8-10-42(11-9-19)22-4-2-20(3-5-22)24-6-7-28(44)38-30(24)45/h2-5,14,16,19,23-24,27H,6-13,15,17-18H2,1H3,(H,37,46)(H,39,40)(H,38,44,45)/t24?,27-,32+/m0/s1. The second kappa shape index (κ2) is 10.7. The van der Waals surface area contributed by atoms with Gasteiger partial charge in [0.2, 0.25) is 11.8 Å². The Labute approximate surface area is 265 Å². The highest BCUT2D eigenvalue weighted by atomic mass is 19.3. The lowest BCUT2D eigenvalue weighted by molar-refractivity contribution is -0.134. The SMILES string of the molecule is C[C@@]12Cc3[nH]nc(C(=O)Nc4cnn(C5CN(CC6CCN(c7ccc(C8CCC(=O)NC8=O)cc7)CC6)C5)c4)c3C[C@@H]1C2(F)F. The summed E-state index contributed by atoms with van der Waals surface area (Å²) < 4.78 is 30.4. The molecule has 3 amide bonds. The van der Waals surface area contributed by atoms with Crippen molar-refractivity contribution in [2.24, 2.45) is 17.3 Å². The van der Waals surface area contributed by atoms with Gasteiger partial charge in [0.1, 0.15) is 0 Å². The molecule has 3 N–H and O–H groups in total. The van der Waals surface area contributed by atoms with Crippen molar-refractivity contribution in [3.63, 3.8) is 0 Å². The molecule has 3 saturated heterocycles. The molecule has 0 bridgehead atoms. The zero-order valence-electron chi connectivity index (χ0n) is 25.8. The molecule has 4 fully saturated rings. The highest BCUT2D eigenvalue weighted by Crippen LogP contribution is 2.70.